The number of aliphatic hydroxyl groups excluding tert-OH is 1. The van der Waals surface area contributed by atoms with Crippen LogP contribution in [0.1, 0.15) is 19.4 Å². The third-order valence-electron chi connectivity index (χ3n) is 5.88. The van der Waals surface area contributed by atoms with Gasteiger partial charge in [0, 0.05) is 35.6 Å². The van der Waals surface area contributed by atoms with Crippen LogP contribution in [0.15, 0.2) is 35.6 Å². The van der Waals surface area contributed by atoms with E-state index in [4.69, 9.17) is 9.47 Å². The Balaban J connectivity index is 1.59. The number of hydrogen-bond acceptors (Lipinski definition) is 6. The Labute approximate surface area is 190 Å². The van der Waals surface area contributed by atoms with Gasteiger partial charge in [0.25, 0.3) is 6.02 Å². The molecule has 0 fully saturated rings. The summed E-state index contributed by atoms with van der Waals surface area (Å²) in [5.74, 6) is -3.50. The van der Waals surface area contributed by atoms with Crippen molar-refractivity contribution in [1.82, 2.24) is 9.97 Å². The van der Waals surface area contributed by atoms with Gasteiger partial charge in [0.1, 0.15) is 18.0 Å². The number of amidine groups is 1. The second-order valence-electron chi connectivity index (χ2n) is 8.31. The highest BCUT2D eigenvalue weighted by atomic mass is 19.4. The first-order chi connectivity index (χ1) is 16.0. The maximum atomic E-state index is 14.7. The second kappa shape index (κ2) is 8.75. The van der Waals surface area contributed by atoms with E-state index in [1.807, 2.05) is 13.8 Å². The lowest BCUT2D eigenvalue weighted by molar-refractivity contribution is -0.136. The van der Waals surface area contributed by atoms with Crippen LogP contribution >= 0.6 is 0 Å². The van der Waals surface area contributed by atoms with E-state index in [2.05, 4.69) is 20.3 Å². The van der Waals surface area contributed by atoms with Crippen molar-refractivity contribution >= 4 is 22.7 Å². The highest BCUT2D eigenvalue weighted by molar-refractivity contribution is 5.90. The van der Waals surface area contributed by atoms with Crippen LogP contribution in [-0.2, 0) is 10.9 Å². The van der Waals surface area contributed by atoms with Gasteiger partial charge in [-0.25, -0.2) is 18.8 Å². The predicted octanol–water partition coefficient (Wildman–Crippen LogP) is 5.09. The molecule has 1 atom stereocenters. The van der Waals surface area contributed by atoms with Gasteiger partial charge in [0.2, 0.25) is 0 Å². The number of nitrogens with one attached hydrogen (secondary N) is 2. The fourth-order valence-electron chi connectivity index (χ4n) is 3.53. The largest absolute Gasteiger partial charge is 0.464 e. The van der Waals surface area contributed by atoms with Gasteiger partial charge in [-0.1, -0.05) is 13.8 Å². The Bertz CT molecular complexity index is 1220. The maximum Gasteiger partial charge on any atom is 0.418 e. The van der Waals surface area contributed by atoms with E-state index in [0.717, 1.165) is 24.4 Å². The third-order valence-corrected chi connectivity index (χ3v) is 5.88. The van der Waals surface area contributed by atoms with Crippen LogP contribution in [0.3, 0.4) is 0 Å². The molecule has 1 aliphatic heterocycles. The van der Waals surface area contributed by atoms with Crippen molar-refractivity contribution in [2.24, 2.45) is 16.3 Å². The number of aliphatic imine (C=N–C) groups is 1. The van der Waals surface area contributed by atoms with Gasteiger partial charge < -0.3 is 24.9 Å². The van der Waals surface area contributed by atoms with Crippen LogP contribution in [-0.4, -0.2) is 40.9 Å². The van der Waals surface area contributed by atoms with Crippen LogP contribution in [0.4, 0.5) is 27.6 Å². The summed E-state index contributed by atoms with van der Waals surface area (Å²) in [5.41, 5.74) is -1.81. The summed E-state index contributed by atoms with van der Waals surface area (Å²) >= 11 is 0. The quantitative estimate of drug-likeness (QED) is 0.439. The topological polar surface area (TPSA) is 91.8 Å². The molecule has 1 aliphatic rings. The summed E-state index contributed by atoms with van der Waals surface area (Å²) in [6.07, 6.45) is -2.86. The number of benzene rings is 1. The molecule has 3 N–H and O–H groups in total. The number of anilines is 1. The molecule has 0 bridgehead atoms. The number of pyridine rings is 1. The lowest BCUT2D eigenvalue weighted by Gasteiger charge is -2.37. The smallest absolute Gasteiger partial charge is 0.418 e. The van der Waals surface area contributed by atoms with Crippen LogP contribution in [0.2, 0.25) is 0 Å². The Morgan fingerprint density at radius 1 is 1.26 bits per heavy atom. The van der Waals surface area contributed by atoms with Gasteiger partial charge in [0.05, 0.1) is 24.1 Å². The molecule has 0 saturated heterocycles. The number of ether oxygens (including phenoxy) is 2. The molecule has 0 spiro atoms. The van der Waals surface area contributed by atoms with E-state index in [1.165, 1.54) is 0 Å². The Morgan fingerprint density at radius 3 is 2.53 bits per heavy atom. The summed E-state index contributed by atoms with van der Waals surface area (Å²) in [4.78, 5) is 10.4. The lowest BCUT2D eigenvalue weighted by atomic mass is 9.78. The molecule has 0 aliphatic carbocycles. The number of fused-ring (bicyclic) bond motifs is 1. The molecule has 3 aromatic rings. The van der Waals surface area contributed by atoms with Crippen molar-refractivity contribution < 1.29 is 36.5 Å². The molecule has 1 unspecified atom stereocenters. The third kappa shape index (κ3) is 4.37. The summed E-state index contributed by atoms with van der Waals surface area (Å²) in [6, 6.07) is 2.92. The maximum absolute atomic E-state index is 14.7. The molecule has 7 nitrogen and oxygen atoms in total. The number of aromatic amines is 1. The fraction of sp³-hybridized carbons (Fsp3) is 0.364. The molecule has 2 aromatic heterocycles. The number of aliphatic hydroxyl groups is 1. The summed E-state index contributed by atoms with van der Waals surface area (Å²) in [6.45, 7) is 4.15. The molecular weight excluding hydrogens is 463 g/mol. The first-order valence-electron chi connectivity index (χ1n) is 10.3. The molecular formula is C22H21F5N4O3. The molecule has 182 valence electrons. The van der Waals surface area contributed by atoms with Crippen LogP contribution in [0.25, 0.3) is 11.0 Å². The van der Waals surface area contributed by atoms with E-state index < -0.39 is 45.7 Å². The van der Waals surface area contributed by atoms with Gasteiger partial charge >= 0.3 is 6.18 Å². The van der Waals surface area contributed by atoms with Gasteiger partial charge in [-0.2, -0.15) is 13.2 Å². The normalized spacial score (nSPS) is 18.7. The second-order valence-corrected chi connectivity index (χ2v) is 8.31. The summed E-state index contributed by atoms with van der Waals surface area (Å²) in [5, 5.41) is 11.9. The molecule has 3 heterocycles. The van der Waals surface area contributed by atoms with Crippen molar-refractivity contribution in [1.29, 1.82) is 0 Å². The van der Waals surface area contributed by atoms with Crippen molar-refractivity contribution in [3.63, 3.8) is 0 Å². The number of nitrogens with zero attached hydrogens (tertiary/aromatic N) is 2. The summed E-state index contributed by atoms with van der Waals surface area (Å²) in [7, 11) is 0. The lowest BCUT2D eigenvalue weighted by Crippen LogP contribution is -2.44. The number of alkyl halides is 3. The van der Waals surface area contributed by atoms with E-state index in [-0.39, 0.29) is 43.0 Å². The molecule has 0 amide bonds. The molecule has 34 heavy (non-hydrogen) atoms. The minimum absolute atomic E-state index is 0.0233. The molecule has 4 rings (SSSR count). The van der Waals surface area contributed by atoms with Crippen molar-refractivity contribution in [3.05, 3.63) is 47.8 Å². The average Bonchev–Trinajstić information content (AvgIpc) is 3.22. The van der Waals surface area contributed by atoms with E-state index in [0.29, 0.717) is 6.20 Å². The average molecular weight is 484 g/mol. The van der Waals surface area contributed by atoms with Gasteiger partial charge in [0.15, 0.2) is 17.4 Å². The van der Waals surface area contributed by atoms with Gasteiger partial charge in [-0.3, -0.25) is 0 Å². The minimum atomic E-state index is -4.73. The van der Waals surface area contributed by atoms with Crippen molar-refractivity contribution in [2.45, 2.75) is 20.0 Å². The van der Waals surface area contributed by atoms with Crippen molar-refractivity contribution in [3.8, 4) is 11.5 Å². The Hall–Kier alpha value is -3.41. The fourth-order valence-corrected chi connectivity index (χ4v) is 3.53. The number of aromatic nitrogens is 2. The zero-order valence-corrected chi connectivity index (χ0v) is 18.1. The zero-order valence-electron chi connectivity index (χ0n) is 18.1. The van der Waals surface area contributed by atoms with Crippen molar-refractivity contribution in [2.75, 3.05) is 25.1 Å². The standard InChI is InChI=1S/C22H21F5N4O3/c1-11(2)21(9-32)8-30-20(33-10-21)31-12-5-14(23)18(15(24)6-12)34-16-3-4-28-19-17(16)13(7-29-19)22(25,26)27/h3-7,11,32H,8-10H2,1-2H3,(H,28,29)(H,30,31). The highest BCUT2D eigenvalue weighted by Gasteiger charge is 2.38. The van der Waals surface area contributed by atoms with E-state index in [9.17, 15) is 27.1 Å². The molecule has 0 saturated carbocycles. The monoisotopic (exact) mass is 484 g/mol. The Morgan fingerprint density at radius 2 is 1.97 bits per heavy atom. The SMILES string of the molecule is CC(C)C1(CO)CN=C(Nc2cc(F)c(Oc3ccnc4[nH]cc(C(F)(F)F)c34)c(F)c2)OC1. The van der Waals surface area contributed by atoms with Gasteiger partial charge in [-0.05, 0) is 12.0 Å². The summed E-state index contributed by atoms with van der Waals surface area (Å²) < 4.78 is 80.2. The first-order valence-corrected chi connectivity index (χ1v) is 10.3. The van der Waals surface area contributed by atoms with Gasteiger partial charge in [-0.15, -0.1) is 0 Å². The van der Waals surface area contributed by atoms with E-state index in [1.54, 1.807) is 0 Å². The number of H-pyrrole nitrogens is 1. The molecule has 1 aromatic carbocycles. The number of rotatable bonds is 5. The molecule has 12 heteroatoms. The first kappa shape index (κ1) is 23.7. The van der Waals surface area contributed by atoms with Crippen LogP contribution < -0.4 is 10.1 Å². The zero-order chi connectivity index (χ0) is 24.7. The van der Waals surface area contributed by atoms with Crippen LogP contribution in [0, 0.1) is 23.0 Å². The van der Waals surface area contributed by atoms with Crippen LogP contribution in [0.5, 0.6) is 11.5 Å². The minimum Gasteiger partial charge on any atom is -0.464 e. The highest BCUT2D eigenvalue weighted by Crippen LogP contribution is 2.41. The molecule has 0 radical (unpaired) electrons. The Kier molecular flexibility index (Phi) is 6.11. The number of halogens is 5. The number of hydrogen-bond donors (Lipinski definition) is 3. The van der Waals surface area contributed by atoms with E-state index >= 15 is 0 Å². The predicted molar refractivity (Wildman–Crippen MR) is 114 cm³/mol.